The van der Waals surface area contributed by atoms with Crippen LogP contribution in [0.4, 0.5) is 0 Å². The normalized spacial score (nSPS) is 17.4. The lowest BCUT2D eigenvalue weighted by atomic mass is 10.1. The number of benzene rings is 1. The molecule has 0 aliphatic carbocycles. The minimum atomic E-state index is 0.00738. The van der Waals surface area contributed by atoms with E-state index >= 15 is 0 Å². The number of hydrogen-bond donors (Lipinski definition) is 1. The van der Waals surface area contributed by atoms with Gasteiger partial charge in [-0.05, 0) is 37.5 Å². The van der Waals surface area contributed by atoms with Gasteiger partial charge >= 0.3 is 0 Å². The van der Waals surface area contributed by atoms with Crippen LogP contribution in [0.1, 0.15) is 25.3 Å². The molecule has 4 nitrogen and oxygen atoms in total. The molecule has 5 heteroatoms. The van der Waals surface area contributed by atoms with E-state index in [4.69, 9.17) is 21.1 Å². The fraction of sp³-hybridized carbons (Fsp3) is 0.600. The summed E-state index contributed by atoms with van der Waals surface area (Å²) in [4.78, 5) is 2.37. The van der Waals surface area contributed by atoms with Gasteiger partial charge in [0.15, 0.2) is 11.5 Å². The molecule has 0 unspecified atom stereocenters. The molecule has 0 atom stereocenters. The standard InChI is InChI=1S/C15H22ClNO3/c1-3-20-12-4-6-17(7-5-12)10-11-8-13(16)15(18)14(9-11)19-2/h8-9,12,18H,3-7,10H2,1-2H3. The topological polar surface area (TPSA) is 41.9 Å². The maximum Gasteiger partial charge on any atom is 0.176 e. The average molecular weight is 300 g/mol. The molecule has 112 valence electrons. The van der Waals surface area contributed by atoms with Crippen LogP contribution in [-0.4, -0.2) is 42.9 Å². The highest BCUT2D eigenvalue weighted by Gasteiger charge is 2.20. The third kappa shape index (κ3) is 3.78. The lowest BCUT2D eigenvalue weighted by Gasteiger charge is -2.31. The van der Waals surface area contributed by atoms with Gasteiger partial charge in [-0.15, -0.1) is 0 Å². The second-order valence-electron chi connectivity index (χ2n) is 5.06. The molecule has 1 saturated heterocycles. The molecule has 1 aromatic carbocycles. The van der Waals surface area contributed by atoms with E-state index in [2.05, 4.69) is 4.90 Å². The SMILES string of the molecule is CCOC1CCN(Cc2cc(Cl)c(O)c(OC)c2)CC1. The molecule has 2 rings (SSSR count). The van der Waals surface area contributed by atoms with E-state index in [0.29, 0.717) is 16.9 Å². The summed E-state index contributed by atoms with van der Waals surface area (Å²) in [6.07, 6.45) is 2.53. The van der Waals surface area contributed by atoms with Crippen molar-refractivity contribution in [3.8, 4) is 11.5 Å². The van der Waals surface area contributed by atoms with Crippen LogP contribution in [-0.2, 0) is 11.3 Å². The van der Waals surface area contributed by atoms with Crippen molar-refractivity contribution in [3.63, 3.8) is 0 Å². The highest BCUT2D eigenvalue weighted by atomic mass is 35.5. The van der Waals surface area contributed by atoms with Crippen LogP contribution in [0, 0.1) is 0 Å². The van der Waals surface area contributed by atoms with Gasteiger partial charge in [-0.25, -0.2) is 0 Å². The highest BCUT2D eigenvalue weighted by Crippen LogP contribution is 2.35. The monoisotopic (exact) mass is 299 g/mol. The van der Waals surface area contributed by atoms with Gasteiger partial charge in [0, 0.05) is 26.2 Å². The average Bonchev–Trinajstić information content (AvgIpc) is 2.45. The van der Waals surface area contributed by atoms with Gasteiger partial charge in [0.05, 0.1) is 18.2 Å². The van der Waals surface area contributed by atoms with Crippen molar-refractivity contribution in [2.75, 3.05) is 26.8 Å². The van der Waals surface area contributed by atoms with E-state index in [1.807, 2.05) is 13.0 Å². The molecule has 0 saturated carbocycles. The van der Waals surface area contributed by atoms with E-state index in [0.717, 1.165) is 44.6 Å². The molecule has 0 radical (unpaired) electrons. The van der Waals surface area contributed by atoms with Gasteiger partial charge in [-0.3, -0.25) is 4.90 Å². The number of rotatable bonds is 5. The Morgan fingerprint density at radius 1 is 1.35 bits per heavy atom. The summed E-state index contributed by atoms with van der Waals surface area (Å²) >= 11 is 6.01. The Hall–Kier alpha value is -0.970. The number of hydrogen-bond acceptors (Lipinski definition) is 4. The van der Waals surface area contributed by atoms with Crippen LogP contribution in [0.25, 0.3) is 0 Å². The Bertz CT molecular complexity index is 445. The summed E-state index contributed by atoms with van der Waals surface area (Å²) in [7, 11) is 1.53. The Balaban J connectivity index is 1.96. The molecule has 0 amide bonds. The molecule has 0 bridgehead atoms. The zero-order valence-electron chi connectivity index (χ0n) is 12.1. The summed E-state index contributed by atoms with van der Waals surface area (Å²) in [6.45, 7) is 5.68. The highest BCUT2D eigenvalue weighted by molar-refractivity contribution is 6.32. The maximum atomic E-state index is 9.73. The van der Waals surface area contributed by atoms with E-state index in [1.165, 1.54) is 7.11 Å². The van der Waals surface area contributed by atoms with Crippen molar-refractivity contribution < 1.29 is 14.6 Å². The second-order valence-corrected chi connectivity index (χ2v) is 5.47. The number of nitrogens with zero attached hydrogens (tertiary/aromatic N) is 1. The smallest absolute Gasteiger partial charge is 0.176 e. The van der Waals surface area contributed by atoms with Gasteiger partial charge in [0.2, 0.25) is 0 Å². The first-order valence-corrected chi connectivity index (χ1v) is 7.41. The molecule has 1 N–H and O–H groups in total. The number of phenolic OH excluding ortho intramolecular Hbond substituents is 1. The Morgan fingerprint density at radius 2 is 2.05 bits per heavy atom. The summed E-state index contributed by atoms with van der Waals surface area (Å²) < 4.78 is 10.8. The summed E-state index contributed by atoms with van der Waals surface area (Å²) in [6, 6.07) is 3.64. The van der Waals surface area contributed by atoms with Crippen LogP contribution in [0.2, 0.25) is 5.02 Å². The number of phenols is 1. The van der Waals surface area contributed by atoms with Crippen LogP contribution >= 0.6 is 11.6 Å². The first-order chi connectivity index (χ1) is 9.63. The molecule has 1 aliphatic heterocycles. The molecule has 0 spiro atoms. The van der Waals surface area contributed by atoms with Crippen LogP contribution in [0.5, 0.6) is 11.5 Å². The fourth-order valence-corrected chi connectivity index (χ4v) is 2.84. The zero-order chi connectivity index (χ0) is 14.5. The molecule has 1 heterocycles. The lowest BCUT2D eigenvalue weighted by molar-refractivity contribution is 0.0125. The Kier molecular flexibility index (Phi) is 5.52. The number of methoxy groups -OCH3 is 1. The number of piperidine rings is 1. The predicted octanol–water partition coefficient (Wildman–Crippen LogP) is 3.06. The summed E-state index contributed by atoms with van der Waals surface area (Å²) in [5.41, 5.74) is 1.06. The Morgan fingerprint density at radius 3 is 2.65 bits per heavy atom. The first-order valence-electron chi connectivity index (χ1n) is 7.03. The quantitative estimate of drug-likeness (QED) is 0.907. The van der Waals surface area contributed by atoms with Crippen molar-refractivity contribution in [1.29, 1.82) is 0 Å². The van der Waals surface area contributed by atoms with Crippen molar-refractivity contribution in [2.45, 2.75) is 32.4 Å². The van der Waals surface area contributed by atoms with Crippen LogP contribution in [0.3, 0.4) is 0 Å². The van der Waals surface area contributed by atoms with Crippen LogP contribution < -0.4 is 4.74 Å². The minimum absolute atomic E-state index is 0.00738. The summed E-state index contributed by atoms with van der Waals surface area (Å²) in [5, 5.41) is 10.1. The van der Waals surface area contributed by atoms with Crippen molar-refractivity contribution in [2.24, 2.45) is 0 Å². The van der Waals surface area contributed by atoms with Gasteiger partial charge in [0.25, 0.3) is 0 Å². The van der Waals surface area contributed by atoms with Gasteiger partial charge in [0.1, 0.15) is 0 Å². The van der Waals surface area contributed by atoms with Gasteiger partial charge in [-0.1, -0.05) is 11.6 Å². The maximum absolute atomic E-state index is 9.73. The first kappa shape index (κ1) is 15.4. The molecule has 1 aliphatic rings. The molecule has 1 aromatic rings. The molecular weight excluding hydrogens is 278 g/mol. The van der Waals surface area contributed by atoms with Gasteiger partial charge < -0.3 is 14.6 Å². The van der Waals surface area contributed by atoms with E-state index < -0.39 is 0 Å². The van der Waals surface area contributed by atoms with Crippen molar-refractivity contribution in [1.82, 2.24) is 4.90 Å². The molecule has 1 fully saturated rings. The molecular formula is C15H22ClNO3. The number of halogens is 1. The molecule has 0 aromatic heterocycles. The Labute approximate surface area is 125 Å². The zero-order valence-corrected chi connectivity index (χ0v) is 12.8. The van der Waals surface area contributed by atoms with Crippen LogP contribution in [0.15, 0.2) is 12.1 Å². The number of aromatic hydroxyl groups is 1. The fourth-order valence-electron chi connectivity index (χ4n) is 2.60. The van der Waals surface area contributed by atoms with E-state index in [1.54, 1.807) is 6.07 Å². The molecule has 20 heavy (non-hydrogen) atoms. The van der Waals surface area contributed by atoms with Gasteiger partial charge in [-0.2, -0.15) is 0 Å². The third-order valence-corrected chi connectivity index (χ3v) is 3.94. The number of ether oxygens (including phenoxy) is 2. The third-order valence-electron chi connectivity index (χ3n) is 3.65. The van der Waals surface area contributed by atoms with E-state index in [-0.39, 0.29) is 5.75 Å². The second kappa shape index (κ2) is 7.16. The minimum Gasteiger partial charge on any atom is -0.503 e. The lowest BCUT2D eigenvalue weighted by Crippen LogP contribution is -2.36. The van der Waals surface area contributed by atoms with E-state index in [9.17, 15) is 5.11 Å². The number of likely N-dealkylation sites (tertiary alicyclic amines) is 1. The van der Waals surface area contributed by atoms with Crippen molar-refractivity contribution >= 4 is 11.6 Å². The summed E-state index contributed by atoms with van der Waals surface area (Å²) in [5.74, 6) is 0.435. The largest absolute Gasteiger partial charge is 0.503 e. The van der Waals surface area contributed by atoms with Crippen molar-refractivity contribution in [3.05, 3.63) is 22.7 Å². The predicted molar refractivity (Wildman–Crippen MR) is 79.6 cm³/mol.